The van der Waals surface area contributed by atoms with Crippen molar-refractivity contribution in [3.8, 4) is 0 Å². The largest absolute Gasteiger partial charge is 0.318 e. The van der Waals surface area contributed by atoms with E-state index in [1.54, 1.807) is 13.8 Å². The number of hydrogen-bond donors (Lipinski definition) is 2. The second-order valence-electron chi connectivity index (χ2n) is 4.01. The van der Waals surface area contributed by atoms with E-state index in [1.165, 1.54) is 0 Å². The van der Waals surface area contributed by atoms with E-state index in [4.69, 9.17) is 11.6 Å². The monoisotopic (exact) mass is 285 g/mol. The molecule has 0 aliphatic carbocycles. The Morgan fingerprint density at radius 1 is 1.37 bits per heavy atom. The number of aromatic amines is 1. The standard InChI is InChI=1S/C12H10ClF2N3O/c1-5-10(6(2)18-17-5)12(19)16-11-8(13)3-7(14)4-9(11)15/h3-4H,1-2H3,(H,16,19)(H,17,18). The molecule has 1 heterocycles. The van der Waals surface area contributed by atoms with Crippen molar-refractivity contribution in [1.29, 1.82) is 0 Å². The molecule has 4 nitrogen and oxygen atoms in total. The number of nitrogens with zero attached hydrogens (tertiary/aromatic N) is 1. The molecule has 19 heavy (non-hydrogen) atoms. The molecule has 2 N–H and O–H groups in total. The van der Waals surface area contributed by atoms with Crippen LogP contribution in [-0.4, -0.2) is 16.1 Å². The van der Waals surface area contributed by atoms with Gasteiger partial charge in [-0.3, -0.25) is 9.89 Å². The molecule has 0 saturated heterocycles. The Morgan fingerprint density at radius 3 is 2.58 bits per heavy atom. The van der Waals surface area contributed by atoms with Crippen molar-refractivity contribution in [3.05, 3.63) is 45.7 Å². The van der Waals surface area contributed by atoms with Gasteiger partial charge in [0.25, 0.3) is 5.91 Å². The molecule has 2 rings (SSSR count). The molecule has 1 aromatic heterocycles. The third-order valence-electron chi connectivity index (χ3n) is 2.60. The summed E-state index contributed by atoms with van der Waals surface area (Å²) in [5.41, 5.74) is 1.08. The first-order chi connectivity index (χ1) is 8.90. The van der Waals surface area contributed by atoms with Crippen LogP contribution in [0.15, 0.2) is 12.1 Å². The van der Waals surface area contributed by atoms with Crippen molar-refractivity contribution in [3.63, 3.8) is 0 Å². The number of nitrogens with one attached hydrogen (secondary N) is 2. The van der Waals surface area contributed by atoms with Crippen LogP contribution in [0.1, 0.15) is 21.7 Å². The average molecular weight is 286 g/mol. The number of carbonyl (C=O) groups excluding carboxylic acids is 1. The number of hydrogen-bond acceptors (Lipinski definition) is 2. The van der Waals surface area contributed by atoms with E-state index in [-0.39, 0.29) is 10.7 Å². The third-order valence-corrected chi connectivity index (χ3v) is 2.90. The molecule has 2 aromatic rings. The highest BCUT2D eigenvalue weighted by Crippen LogP contribution is 2.27. The predicted octanol–water partition coefficient (Wildman–Crippen LogP) is 3.21. The number of aryl methyl sites for hydroxylation is 2. The summed E-state index contributed by atoms with van der Waals surface area (Å²) in [6, 6.07) is 1.58. The van der Waals surface area contributed by atoms with E-state index in [0.29, 0.717) is 23.0 Å². The van der Waals surface area contributed by atoms with Gasteiger partial charge in [0.2, 0.25) is 0 Å². The quantitative estimate of drug-likeness (QED) is 0.890. The summed E-state index contributed by atoms with van der Waals surface area (Å²) < 4.78 is 26.4. The Hall–Kier alpha value is -1.95. The first-order valence-corrected chi connectivity index (χ1v) is 5.75. The second-order valence-corrected chi connectivity index (χ2v) is 4.41. The van der Waals surface area contributed by atoms with E-state index in [9.17, 15) is 13.6 Å². The maximum atomic E-state index is 13.6. The summed E-state index contributed by atoms with van der Waals surface area (Å²) >= 11 is 5.70. The minimum atomic E-state index is -0.933. The lowest BCUT2D eigenvalue weighted by Crippen LogP contribution is -2.15. The van der Waals surface area contributed by atoms with E-state index in [2.05, 4.69) is 15.5 Å². The number of aromatic nitrogens is 2. The van der Waals surface area contributed by atoms with Crippen molar-refractivity contribution in [1.82, 2.24) is 10.2 Å². The first kappa shape index (κ1) is 13.5. The van der Waals surface area contributed by atoms with Gasteiger partial charge in [-0.1, -0.05) is 11.6 Å². The Morgan fingerprint density at radius 2 is 2.05 bits per heavy atom. The van der Waals surface area contributed by atoms with Gasteiger partial charge in [0.1, 0.15) is 5.82 Å². The van der Waals surface area contributed by atoms with Crippen LogP contribution in [0.3, 0.4) is 0 Å². The molecular formula is C12H10ClF2N3O. The maximum Gasteiger partial charge on any atom is 0.259 e. The van der Waals surface area contributed by atoms with Crippen molar-refractivity contribution in [2.75, 3.05) is 5.32 Å². The van der Waals surface area contributed by atoms with Crippen molar-refractivity contribution in [2.45, 2.75) is 13.8 Å². The molecule has 7 heteroatoms. The van der Waals surface area contributed by atoms with Gasteiger partial charge in [0, 0.05) is 11.8 Å². The number of benzene rings is 1. The van der Waals surface area contributed by atoms with Crippen molar-refractivity contribution >= 4 is 23.2 Å². The zero-order valence-electron chi connectivity index (χ0n) is 10.1. The Kier molecular flexibility index (Phi) is 3.53. The molecule has 0 aliphatic heterocycles. The normalized spacial score (nSPS) is 10.6. The molecular weight excluding hydrogens is 276 g/mol. The lowest BCUT2D eigenvalue weighted by molar-refractivity contribution is 0.102. The van der Waals surface area contributed by atoms with Gasteiger partial charge in [-0.2, -0.15) is 5.10 Å². The van der Waals surface area contributed by atoms with Gasteiger partial charge in [-0.15, -0.1) is 0 Å². The third kappa shape index (κ3) is 2.58. The number of H-pyrrole nitrogens is 1. The van der Waals surface area contributed by atoms with Crippen molar-refractivity contribution in [2.24, 2.45) is 0 Å². The molecule has 0 fully saturated rings. The van der Waals surface area contributed by atoms with Crippen LogP contribution in [0.4, 0.5) is 14.5 Å². The van der Waals surface area contributed by atoms with Crippen LogP contribution in [0.5, 0.6) is 0 Å². The molecule has 0 unspecified atom stereocenters. The fourth-order valence-electron chi connectivity index (χ4n) is 1.72. The topological polar surface area (TPSA) is 57.8 Å². The highest BCUT2D eigenvalue weighted by atomic mass is 35.5. The second kappa shape index (κ2) is 4.97. The zero-order chi connectivity index (χ0) is 14.2. The van der Waals surface area contributed by atoms with Gasteiger partial charge in [0.15, 0.2) is 5.82 Å². The molecule has 0 bridgehead atoms. The van der Waals surface area contributed by atoms with Gasteiger partial charge in [-0.05, 0) is 19.9 Å². The fraction of sp³-hybridized carbons (Fsp3) is 0.167. The fourth-order valence-corrected chi connectivity index (χ4v) is 1.96. The summed E-state index contributed by atoms with van der Waals surface area (Å²) in [5.74, 6) is -2.30. The number of anilines is 1. The van der Waals surface area contributed by atoms with Crippen LogP contribution in [0.2, 0.25) is 5.02 Å². The Balaban J connectivity index is 2.35. The van der Waals surface area contributed by atoms with E-state index in [1.807, 2.05) is 0 Å². The molecule has 0 saturated carbocycles. The van der Waals surface area contributed by atoms with Gasteiger partial charge in [0.05, 0.1) is 22.0 Å². The first-order valence-electron chi connectivity index (χ1n) is 5.37. The number of amides is 1. The predicted molar refractivity (Wildman–Crippen MR) is 67.4 cm³/mol. The summed E-state index contributed by atoms with van der Waals surface area (Å²) in [7, 11) is 0. The highest BCUT2D eigenvalue weighted by Gasteiger charge is 2.18. The van der Waals surface area contributed by atoms with Crippen LogP contribution in [0.25, 0.3) is 0 Å². The zero-order valence-corrected chi connectivity index (χ0v) is 10.9. The molecule has 100 valence electrons. The summed E-state index contributed by atoms with van der Waals surface area (Å²) in [4.78, 5) is 12.0. The smallest absolute Gasteiger partial charge is 0.259 e. The van der Waals surface area contributed by atoms with E-state index < -0.39 is 17.5 Å². The van der Waals surface area contributed by atoms with Crippen LogP contribution < -0.4 is 5.32 Å². The number of rotatable bonds is 2. The SMILES string of the molecule is Cc1n[nH]c(C)c1C(=O)Nc1c(F)cc(F)cc1Cl. The van der Waals surface area contributed by atoms with Crippen LogP contribution in [-0.2, 0) is 0 Å². The molecule has 0 spiro atoms. The summed E-state index contributed by atoms with van der Waals surface area (Å²) in [6.07, 6.45) is 0. The number of carbonyl (C=O) groups is 1. The van der Waals surface area contributed by atoms with Crippen LogP contribution >= 0.6 is 11.6 Å². The van der Waals surface area contributed by atoms with Gasteiger partial charge >= 0.3 is 0 Å². The van der Waals surface area contributed by atoms with Crippen LogP contribution in [0, 0.1) is 25.5 Å². The number of halogens is 3. The molecule has 0 aliphatic rings. The van der Waals surface area contributed by atoms with Gasteiger partial charge < -0.3 is 5.32 Å². The molecule has 1 aromatic carbocycles. The average Bonchev–Trinajstić information content (AvgIpc) is 2.63. The lowest BCUT2D eigenvalue weighted by atomic mass is 10.2. The van der Waals surface area contributed by atoms with E-state index in [0.717, 1.165) is 6.07 Å². The molecule has 1 amide bonds. The Labute approximate surface area is 112 Å². The highest BCUT2D eigenvalue weighted by molar-refractivity contribution is 6.34. The van der Waals surface area contributed by atoms with Gasteiger partial charge in [-0.25, -0.2) is 8.78 Å². The summed E-state index contributed by atoms with van der Waals surface area (Å²) in [6.45, 7) is 3.30. The summed E-state index contributed by atoms with van der Waals surface area (Å²) in [5, 5.41) is 8.62. The minimum Gasteiger partial charge on any atom is -0.318 e. The molecule has 0 radical (unpaired) electrons. The maximum absolute atomic E-state index is 13.6. The lowest BCUT2D eigenvalue weighted by Gasteiger charge is -2.08. The van der Waals surface area contributed by atoms with E-state index >= 15 is 0 Å². The Bertz CT molecular complexity index is 612. The minimum absolute atomic E-state index is 0.204. The molecule has 0 atom stereocenters. The van der Waals surface area contributed by atoms with Crippen molar-refractivity contribution < 1.29 is 13.6 Å².